The summed E-state index contributed by atoms with van der Waals surface area (Å²) in [4.78, 5) is 10.3. The summed E-state index contributed by atoms with van der Waals surface area (Å²) in [6.07, 6.45) is 0. The third-order valence-corrected chi connectivity index (χ3v) is 3.82. The molecule has 1 aromatic carbocycles. The van der Waals surface area contributed by atoms with Crippen molar-refractivity contribution in [3.05, 3.63) is 47.9 Å². The van der Waals surface area contributed by atoms with Crippen LogP contribution in [0.1, 0.15) is 31.3 Å². The second-order valence-corrected chi connectivity index (χ2v) is 6.16. The van der Waals surface area contributed by atoms with Crippen LogP contribution in [0.5, 0.6) is 0 Å². The Hall–Kier alpha value is -1.55. The van der Waals surface area contributed by atoms with Crippen molar-refractivity contribution >= 4 is 17.6 Å². The molecule has 0 fully saturated rings. The van der Waals surface area contributed by atoms with E-state index in [0.717, 1.165) is 29.6 Å². The molecule has 1 heterocycles. The third-order valence-electron chi connectivity index (χ3n) is 2.81. The first kappa shape index (κ1) is 14.9. The monoisotopic (exact) mass is 287 g/mol. The summed E-state index contributed by atoms with van der Waals surface area (Å²) in [5, 5.41) is 3.38. The lowest BCUT2D eigenvalue weighted by molar-refractivity contribution is 0.767. The molecule has 0 spiro atoms. The molecule has 0 atom stereocenters. The van der Waals surface area contributed by atoms with Gasteiger partial charge in [0.1, 0.15) is 11.6 Å². The van der Waals surface area contributed by atoms with Gasteiger partial charge in [-0.1, -0.05) is 32.0 Å². The van der Waals surface area contributed by atoms with Crippen molar-refractivity contribution < 1.29 is 0 Å². The van der Waals surface area contributed by atoms with Gasteiger partial charge in [0, 0.05) is 34.9 Å². The highest BCUT2D eigenvalue weighted by Crippen LogP contribution is 2.17. The molecule has 0 radical (unpaired) electrons. The molecule has 0 aliphatic heterocycles. The van der Waals surface area contributed by atoms with Gasteiger partial charge < -0.3 is 5.32 Å². The van der Waals surface area contributed by atoms with Crippen LogP contribution in [-0.4, -0.2) is 22.3 Å². The molecule has 1 N–H and O–H groups in total. The average molecular weight is 287 g/mol. The van der Waals surface area contributed by atoms with Gasteiger partial charge in [-0.3, -0.25) is 0 Å². The Morgan fingerprint density at radius 1 is 1.15 bits per heavy atom. The number of hydrogen-bond donors (Lipinski definition) is 1. The highest BCUT2D eigenvalue weighted by atomic mass is 32.2. The van der Waals surface area contributed by atoms with E-state index < -0.39 is 0 Å². The maximum absolute atomic E-state index is 4.55. The van der Waals surface area contributed by atoms with E-state index in [0.29, 0.717) is 5.92 Å². The number of nitrogens with zero attached hydrogens (tertiary/aromatic N) is 2. The summed E-state index contributed by atoms with van der Waals surface area (Å²) in [6, 6.07) is 12.4. The minimum atomic E-state index is 0.356. The highest BCUT2D eigenvalue weighted by molar-refractivity contribution is 7.99. The van der Waals surface area contributed by atoms with Crippen LogP contribution in [0.15, 0.2) is 41.3 Å². The predicted molar refractivity (Wildman–Crippen MR) is 86.5 cm³/mol. The topological polar surface area (TPSA) is 37.8 Å². The summed E-state index contributed by atoms with van der Waals surface area (Å²) in [7, 11) is 0. The molecular formula is C16H21N3S. The number of aromatic nitrogens is 2. The molecule has 0 aliphatic carbocycles. The Labute approximate surface area is 125 Å². The van der Waals surface area contributed by atoms with E-state index in [-0.39, 0.29) is 0 Å². The Morgan fingerprint density at radius 3 is 2.60 bits per heavy atom. The van der Waals surface area contributed by atoms with Crippen molar-refractivity contribution in [2.45, 2.75) is 31.6 Å². The zero-order chi connectivity index (χ0) is 14.4. The number of rotatable bonds is 6. The number of nitrogens with one attached hydrogen (secondary N) is 1. The SMILES string of the molecule is Cc1cc(NCCSc2ccccc2)nc(C(C)C)n1. The molecular weight excluding hydrogens is 266 g/mol. The molecule has 0 amide bonds. The van der Waals surface area contributed by atoms with E-state index in [4.69, 9.17) is 0 Å². The van der Waals surface area contributed by atoms with Crippen LogP contribution in [0.2, 0.25) is 0 Å². The van der Waals surface area contributed by atoms with E-state index in [1.165, 1.54) is 4.90 Å². The Balaban J connectivity index is 1.85. The molecule has 2 rings (SSSR count). The van der Waals surface area contributed by atoms with E-state index >= 15 is 0 Å². The fraction of sp³-hybridized carbons (Fsp3) is 0.375. The van der Waals surface area contributed by atoms with Gasteiger partial charge in [-0.2, -0.15) is 0 Å². The van der Waals surface area contributed by atoms with Gasteiger partial charge in [0.05, 0.1) is 0 Å². The van der Waals surface area contributed by atoms with Gasteiger partial charge >= 0.3 is 0 Å². The van der Waals surface area contributed by atoms with Gasteiger partial charge in [0.25, 0.3) is 0 Å². The maximum atomic E-state index is 4.55. The molecule has 0 bridgehead atoms. The molecule has 4 heteroatoms. The fourth-order valence-corrected chi connectivity index (χ4v) is 2.59. The van der Waals surface area contributed by atoms with Crippen molar-refractivity contribution in [3.63, 3.8) is 0 Å². The smallest absolute Gasteiger partial charge is 0.133 e. The van der Waals surface area contributed by atoms with E-state index in [9.17, 15) is 0 Å². The van der Waals surface area contributed by atoms with Gasteiger partial charge in [0.15, 0.2) is 0 Å². The summed E-state index contributed by atoms with van der Waals surface area (Å²) in [5.41, 5.74) is 1.02. The number of aryl methyl sites for hydroxylation is 1. The van der Waals surface area contributed by atoms with Gasteiger partial charge in [-0.25, -0.2) is 9.97 Å². The molecule has 3 nitrogen and oxygen atoms in total. The molecule has 0 aliphatic rings. The Bertz CT molecular complexity index is 541. The highest BCUT2D eigenvalue weighted by Gasteiger charge is 2.05. The average Bonchev–Trinajstić information content (AvgIpc) is 2.44. The van der Waals surface area contributed by atoms with Crippen molar-refractivity contribution in [3.8, 4) is 0 Å². The van der Waals surface area contributed by atoms with Crippen LogP contribution < -0.4 is 5.32 Å². The molecule has 106 valence electrons. The number of thioether (sulfide) groups is 1. The zero-order valence-corrected chi connectivity index (χ0v) is 13.1. The quantitative estimate of drug-likeness (QED) is 0.641. The summed E-state index contributed by atoms with van der Waals surface area (Å²) >= 11 is 1.85. The standard InChI is InChI=1S/C16H21N3S/c1-12(2)16-18-13(3)11-15(19-16)17-9-10-20-14-7-5-4-6-8-14/h4-8,11-12H,9-10H2,1-3H3,(H,17,18,19). The number of hydrogen-bond acceptors (Lipinski definition) is 4. The molecule has 2 aromatic rings. The van der Waals surface area contributed by atoms with Crippen LogP contribution in [0.25, 0.3) is 0 Å². The van der Waals surface area contributed by atoms with Crippen molar-refractivity contribution in [1.82, 2.24) is 9.97 Å². The minimum absolute atomic E-state index is 0.356. The van der Waals surface area contributed by atoms with Crippen LogP contribution in [-0.2, 0) is 0 Å². The molecule has 0 unspecified atom stereocenters. The predicted octanol–water partition coefficient (Wildman–Crippen LogP) is 4.11. The number of anilines is 1. The summed E-state index contributed by atoms with van der Waals surface area (Å²) < 4.78 is 0. The van der Waals surface area contributed by atoms with Gasteiger partial charge in [0.2, 0.25) is 0 Å². The first-order chi connectivity index (χ1) is 9.65. The van der Waals surface area contributed by atoms with E-state index in [2.05, 4.69) is 53.4 Å². The second-order valence-electron chi connectivity index (χ2n) is 5.00. The normalized spacial score (nSPS) is 10.8. The molecule has 20 heavy (non-hydrogen) atoms. The van der Waals surface area contributed by atoms with Crippen LogP contribution in [0.3, 0.4) is 0 Å². The van der Waals surface area contributed by atoms with Crippen molar-refractivity contribution in [2.24, 2.45) is 0 Å². The van der Waals surface area contributed by atoms with Gasteiger partial charge in [-0.05, 0) is 19.1 Å². The third kappa shape index (κ3) is 4.53. The second kappa shape index (κ2) is 7.29. The van der Waals surface area contributed by atoms with Crippen LogP contribution in [0, 0.1) is 6.92 Å². The van der Waals surface area contributed by atoms with Crippen molar-refractivity contribution in [2.75, 3.05) is 17.6 Å². The minimum Gasteiger partial charge on any atom is -0.369 e. The Kier molecular flexibility index (Phi) is 5.41. The van der Waals surface area contributed by atoms with Crippen LogP contribution >= 0.6 is 11.8 Å². The van der Waals surface area contributed by atoms with Crippen molar-refractivity contribution in [1.29, 1.82) is 0 Å². The van der Waals surface area contributed by atoms with Gasteiger partial charge in [-0.15, -0.1) is 11.8 Å². The largest absolute Gasteiger partial charge is 0.369 e. The maximum Gasteiger partial charge on any atom is 0.133 e. The van der Waals surface area contributed by atoms with Crippen LogP contribution in [0.4, 0.5) is 5.82 Å². The lowest BCUT2D eigenvalue weighted by Crippen LogP contribution is -2.09. The summed E-state index contributed by atoms with van der Waals surface area (Å²) in [5.74, 6) is 3.21. The lowest BCUT2D eigenvalue weighted by atomic mass is 10.2. The fourth-order valence-electron chi connectivity index (χ4n) is 1.80. The molecule has 1 aromatic heterocycles. The van der Waals surface area contributed by atoms with E-state index in [1.54, 1.807) is 0 Å². The number of benzene rings is 1. The Morgan fingerprint density at radius 2 is 1.90 bits per heavy atom. The molecule has 0 saturated heterocycles. The van der Waals surface area contributed by atoms with E-state index in [1.807, 2.05) is 30.8 Å². The first-order valence-electron chi connectivity index (χ1n) is 6.92. The zero-order valence-electron chi connectivity index (χ0n) is 12.3. The first-order valence-corrected chi connectivity index (χ1v) is 7.91. The summed E-state index contributed by atoms with van der Waals surface area (Å²) in [6.45, 7) is 7.14. The molecule has 0 saturated carbocycles. The lowest BCUT2D eigenvalue weighted by Gasteiger charge is -2.10.